The van der Waals surface area contributed by atoms with Gasteiger partial charge in [0, 0.05) is 6.42 Å². The third kappa shape index (κ3) is 5.34. The molecule has 4 nitrogen and oxygen atoms in total. The van der Waals surface area contributed by atoms with Gasteiger partial charge in [-0.15, -0.1) is 0 Å². The first-order valence-corrected chi connectivity index (χ1v) is 8.21. The second-order valence-corrected chi connectivity index (χ2v) is 5.84. The number of carbonyl (C=O) groups excluding carboxylic acids is 1. The average Bonchev–Trinajstić information content (AvgIpc) is 3.26. The Hall–Kier alpha value is -1.55. The smallest absolute Gasteiger partial charge is 0.435 e. The van der Waals surface area contributed by atoms with E-state index in [0.717, 1.165) is 32.1 Å². The quantitative estimate of drug-likeness (QED) is 0.503. The number of ether oxygens (including phenoxy) is 3. The van der Waals surface area contributed by atoms with Gasteiger partial charge in [0.2, 0.25) is 5.79 Å². The highest BCUT2D eigenvalue weighted by Gasteiger charge is 2.50. The molecule has 4 heteroatoms. The van der Waals surface area contributed by atoms with Crippen molar-refractivity contribution in [2.24, 2.45) is 5.92 Å². The molecule has 0 N–H and O–H groups in total. The summed E-state index contributed by atoms with van der Waals surface area (Å²) < 4.78 is 15.5. The van der Waals surface area contributed by atoms with Gasteiger partial charge in [-0.05, 0) is 37.7 Å². The number of hydrogen-bond acceptors (Lipinski definition) is 4. The molecule has 1 aromatic carbocycles. The summed E-state index contributed by atoms with van der Waals surface area (Å²) in [6.45, 7) is 4.75. The molecule has 0 bridgehead atoms. The second-order valence-electron chi connectivity index (χ2n) is 5.84. The zero-order valence-electron chi connectivity index (χ0n) is 13.5. The molecule has 0 saturated carbocycles. The minimum Gasteiger partial charge on any atom is -0.435 e. The van der Waals surface area contributed by atoms with Crippen LogP contribution in [0.2, 0.25) is 0 Å². The predicted molar refractivity (Wildman–Crippen MR) is 84.6 cm³/mol. The van der Waals surface area contributed by atoms with Crippen molar-refractivity contribution in [2.75, 3.05) is 13.2 Å². The molecule has 0 radical (unpaired) electrons. The number of aryl methyl sites for hydroxylation is 1. The van der Waals surface area contributed by atoms with Gasteiger partial charge >= 0.3 is 6.16 Å². The Labute approximate surface area is 132 Å². The van der Waals surface area contributed by atoms with Gasteiger partial charge in [0.05, 0.1) is 6.61 Å². The highest BCUT2D eigenvalue weighted by atomic mass is 16.8. The van der Waals surface area contributed by atoms with Gasteiger partial charge in [-0.2, -0.15) is 0 Å². The van der Waals surface area contributed by atoms with Crippen molar-refractivity contribution in [1.82, 2.24) is 0 Å². The summed E-state index contributed by atoms with van der Waals surface area (Å²) >= 11 is 0. The maximum absolute atomic E-state index is 11.4. The van der Waals surface area contributed by atoms with Gasteiger partial charge in [0.1, 0.15) is 6.61 Å². The fourth-order valence-electron chi connectivity index (χ4n) is 2.73. The Morgan fingerprint density at radius 3 is 2.64 bits per heavy atom. The van der Waals surface area contributed by atoms with Crippen LogP contribution in [0.3, 0.4) is 0 Å². The van der Waals surface area contributed by atoms with Crippen LogP contribution in [-0.4, -0.2) is 25.2 Å². The molecule has 0 spiro atoms. The minimum absolute atomic E-state index is 0.323. The van der Waals surface area contributed by atoms with E-state index in [1.54, 1.807) is 6.92 Å². The minimum atomic E-state index is -0.723. The van der Waals surface area contributed by atoms with E-state index in [0.29, 0.717) is 19.1 Å². The highest BCUT2D eigenvalue weighted by molar-refractivity contribution is 5.60. The average molecular weight is 306 g/mol. The van der Waals surface area contributed by atoms with E-state index in [9.17, 15) is 4.79 Å². The summed E-state index contributed by atoms with van der Waals surface area (Å²) in [5, 5.41) is 0. The lowest BCUT2D eigenvalue weighted by atomic mass is 9.92. The van der Waals surface area contributed by atoms with E-state index in [1.807, 2.05) is 6.07 Å². The molecule has 1 fully saturated rings. The Kier molecular flexibility index (Phi) is 6.25. The van der Waals surface area contributed by atoms with Crippen LogP contribution in [0.15, 0.2) is 30.3 Å². The number of benzene rings is 1. The topological polar surface area (TPSA) is 48.1 Å². The third-order valence-corrected chi connectivity index (χ3v) is 4.10. The Morgan fingerprint density at radius 1 is 1.32 bits per heavy atom. The van der Waals surface area contributed by atoms with Crippen molar-refractivity contribution in [2.45, 2.75) is 51.7 Å². The first-order valence-electron chi connectivity index (χ1n) is 8.21. The molecule has 0 amide bonds. The van der Waals surface area contributed by atoms with Crippen molar-refractivity contribution in [3.63, 3.8) is 0 Å². The predicted octanol–water partition coefficient (Wildman–Crippen LogP) is 4.33. The van der Waals surface area contributed by atoms with Crippen molar-refractivity contribution in [3.8, 4) is 0 Å². The molecule has 2 unspecified atom stereocenters. The van der Waals surface area contributed by atoms with Gasteiger partial charge in [-0.25, -0.2) is 4.79 Å². The fraction of sp³-hybridized carbons (Fsp3) is 0.611. The van der Waals surface area contributed by atoms with Crippen LogP contribution in [0.4, 0.5) is 4.79 Å². The second kappa shape index (κ2) is 8.18. The third-order valence-electron chi connectivity index (χ3n) is 4.10. The fourth-order valence-corrected chi connectivity index (χ4v) is 2.73. The SMILES string of the molecule is CCOC(=O)OC1(CC(CC)CCCc2ccccc2)CO1. The van der Waals surface area contributed by atoms with Crippen molar-refractivity contribution < 1.29 is 19.0 Å². The van der Waals surface area contributed by atoms with E-state index >= 15 is 0 Å². The van der Waals surface area contributed by atoms with Crippen LogP contribution in [0.25, 0.3) is 0 Å². The van der Waals surface area contributed by atoms with E-state index in [4.69, 9.17) is 14.2 Å². The normalized spacial score (nSPS) is 21.2. The number of epoxide rings is 1. The zero-order valence-corrected chi connectivity index (χ0v) is 13.5. The van der Waals surface area contributed by atoms with Crippen molar-refractivity contribution in [1.29, 1.82) is 0 Å². The first kappa shape index (κ1) is 16.8. The molecule has 1 heterocycles. The largest absolute Gasteiger partial charge is 0.510 e. The lowest BCUT2D eigenvalue weighted by Gasteiger charge is -2.19. The van der Waals surface area contributed by atoms with Gasteiger partial charge in [0.15, 0.2) is 0 Å². The zero-order chi connectivity index (χ0) is 15.8. The molecule has 1 aromatic rings. The molecular weight excluding hydrogens is 280 g/mol. The number of rotatable bonds is 9. The summed E-state index contributed by atoms with van der Waals surface area (Å²) in [6.07, 6.45) is 4.53. The van der Waals surface area contributed by atoms with Gasteiger partial charge in [-0.1, -0.05) is 43.7 Å². The molecular formula is C18H26O4. The summed E-state index contributed by atoms with van der Waals surface area (Å²) in [6, 6.07) is 10.5. The van der Waals surface area contributed by atoms with Crippen LogP contribution in [0.5, 0.6) is 0 Å². The van der Waals surface area contributed by atoms with Gasteiger partial charge < -0.3 is 14.2 Å². The Balaban J connectivity index is 1.73. The van der Waals surface area contributed by atoms with Crippen molar-refractivity contribution >= 4 is 6.16 Å². The van der Waals surface area contributed by atoms with Crippen LogP contribution in [-0.2, 0) is 20.6 Å². The van der Waals surface area contributed by atoms with Crippen LogP contribution >= 0.6 is 0 Å². The summed E-state index contributed by atoms with van der Waals surface area (Å²) in [4.78, 5) is 11.4. The number of carbonyl (C=O) groups is 1. The van der Waals surface area contributed by atoms with Gasteiger partial charge in [0.25, 0.3) is 0 Å². The van der Waals surface area contributed by atoms with E-state index in [2.05, 4.69) is 31.2 Å². The maximum atomic E-state index is 11.4. The molecule has 0 aliphatic carbocycles. The molecule has 1 aliphatic heterocycles. The molecule has 1 aliphatic rings. The number of hydrogen-bond donors (Lipinski definition) is 0. The standard InChI is InChI=1S/C18H26O4/c1-3-15(11-8-12-16-9-6-5-7-10-16)13-18(14-21-18)22-17(19)20-4-2/h5-7,9-10,15H,3-4,8,11-14H2,1-2H3. The molecule has 1 saturated heterocycles. The molecule has 2 rings (SSSR count). The lowest BCUT2D eigenvalue weighted by molar-refractivity contribution is -0.0455. The van der Waals surface area contributed by atoms with Gasteiger partial charge in [-0.3, -0.25) is 0 Å². The van der Waals surface area contributed by atoms with E-state index in [1.165, 1.54) is 5.56 Å². The first-order chi connectivity index (χ1) is 10.7. The summed E-state index contributed by atoms with van der Waals surface area (Å²) in [5.41, 5.74) is 1.37. The Morgan fingerprint density at radius 2 is 2.05 bits per heavy atom. The Bertz CT molecular complexity index is 453. The summed E-state index contributed by atoms with van der Waals surface area (Å²) in [7, 11) is 0. The lowest BCUT2D eigenvalue weighted by Crippen LogP contribution is -2.25. The molecule has 22 heavy (non-hydrogen) atoms. The highest BCUT2D eigenvalue weighted by Crippen LogP contribution is 2.38. The maximum Gasteiger partial charge on any atom is 0.510 e. The summed E-state index contributed by atoms with van der Waals surface area (Å²) in [5.74, 6) is -0.222. The van der Waals surface area contributed by atoms with Crippen LogP contribution < -0.4 is 0 Å². The molecule has 0 aromatic heterocycles. The molecule has 122 valence electrons. The monoisotopic (exact) mass is 306 g/mol. The van der Waals surface area contributed by atoms with Crippen molar-refractivity contribution in [3.05, 3.63) is 35.9 Å². The van der Waals surface area contributed by atoms with Crippen LogP contribution in [0, 0.1) is 5.92 Å². The molecule has 2 atom stereocenters. The van der Waals surface area contributed by atoms with E-state index < -0.39 is 11.9 Å². The van der Waals surface area contributed by atoms with Crippen LogP contribution in [0.1, 0.15) is 45.1 Å². The van der Waals surface area contributed by atoms with E-state index in [-0.39, 0.29) is 0 Å².